The molecule has 27 heavy (non-hydrogen) atoms. The minimum atomic E-state index is -4.49. The number of carbonyl (C=O) groups is 2. The molecule has 1 aromatic rings. The SMILES string of the molecule is CNC(=O)c1cc([N+](=O)[O-])ccc1N1CCCC(C(=O)NCC(F)(F)F)C1. The van der Waals surface area contributed by atoms with Gasteiger partial charge in [-0.15, -0.1) is 0 Å². The number of amides is 2. The van der Waals surface area contributed by atoms with E-state index in [0.717, 1.165) is 6.07 Å². The number of alkyl halides is 3. The highest BCUT2D eigenvalue weighted by atomic mass is 19.4. The summed E-state index contributed by atoms with van der Waals surface area (Å²) in [5.74, 6) is -1.91. The molecule has 0 radical (unpaired) electrons. The average molecular weight is 388 g/mol. The molecule has 0 bridgehead atoms. The highest BCUT2D eigenvalue weighted by Gasteiger charge is 2.32. The smallest absolute Gasteiger partial charge is 0.370 e. The lowest BCUT2D eigenvalue weighted by molar-refractivity contribution is -0.384. The van der Waals surface area contributed by atoms with Crippen molar-refractivity contribution in [2.45, 2.75) is 19.0 Å². The van der Waals surface area contributed by atoms with Gasteiger partial charge >= 0.3 is 6.18 Å². The second kappa shape index (κ2) is 8.23. The number of anilines is 1. The zero-order valence-corrected chi connectivity index (χ0v) is 14.5. The van der Waals surface area contributed by atoms with Gasteiger partial charge in [-0.25, -0.2) is 0 Å². The Balaban J connectivity index is 2.21. The minimum absolute atomic E-state index is 0.0723. The molecule has 0 spiro atoms. The number of nitro groups is 1. The number of hydrogen-bond donors (Lipinski definition) is 2. The molecule has 11 heteroatoms. The second-order valence-electron chi connectivity index (χ2n) is 6.16. The molecule has 148 valence electrons. The highest BCUT2D eigenvalue weighted by Crippen LogP contribution is 2.29. The van der Waals surface area contributed by atoms with E-state index in [4.69, 9.17) is 0 Å². The zero-order valence-electron chi connectivity index (χ0n) is 14.5. The lowest BCUT2D eigenvalue weighted by Gasteiger charge is -2.34. The van der Waals surface area contributed by atoms with Crippen molar-refractivity contribution in [3.63, 3.8) is 0 Å². The molecule has 0 aliphatic carbocycles. The normalized spacial score (nSPS) is 17.3. The second-order valence-corrected chi connectivity index (χ2v) is 6.16. The summed E-state index contributed by atoms with van der Waals surface area (Å²) in [5.41, 5.74) is 0.213. The molecule has 1 aliphatic heterocycles. The molecular weight excluding hydrogens is 369 g/mol. The highest BCUT2D eigenvalue weighted by molar-refractivity contribution is 6.00. The van der Waals surface area contributed by atoms with E-state index in [1.165, 1.54) is 19.2 Å². The van der Waals surface area contributed by atoms with Gasteiger partial charge in [0.2, 0.25) is 5.91 Å². The van der Waals surface area contributed by atoms with Crippen molar-refractivity contribution in [1.82, 2.24) is 10.6 Å². The number of nitrogens with one attached hydrogen (secondary N) is 2. The summed E-state index contributed by atoms with van der Waals surface area (Å²) in [6.07, 6.45) is -3.54. The lowest BCUT2D eigenvalue weighted by atomic mass is 9.95. The summed E-state index contributed by atoms with van der Waals surface area (Å²) in [6, 6.07) is 3.80. The minimum Gasteiger partial charge on any atom is -0.370 e. The van der Waals surface area contributed by atoms with Gasteiger partial charge in [-0.2, -0.15) is 13.2 Å². The van der Waals surface area contributed by atoms with E-state index in [2.05, 4.69) is 5.32 Å². The standard InChI is InChI=1S/C16H19F3N4O4/c1-20-15(25)12-7-11(23(26)27)4-5-13(12)22-6-2-3-10(8-22)14(24)21-9-16(17,18)19/h4-5,7,10H,2-3,6,8-9H2,1H3,(H,20,25)(H,21,24). The Bertz CT molecular complexity index is 739. The van der Waals surface area contributed by atoms with Gasteiger partial charge in [-0.3, -0.25) is 19.7 Å². The van der Waals surface area contributed by atoms with E-state index < -0.39 is 35.4 Å². The number of rotatable bonds is 5. The van der Waals surface area contributed by atoms with Gasteiger partial charge in [0.1, 0.15) is 6.54 Å². The van der Waals surface area contributed by atoms with Crippen molar-refractivity contribution in [1.29, 1.82) is 0 Å². The van der Waals surface area contributed by atoms with E-state index >= 15 is 0 Å². The van der Waals surface area contributed by atoms with Crippen molar-refractivity contribution < 1.29 is 27.7 Å². The first-order valence-electron chi connectivity index (χ1n) is 8.22. The maximum absolute atomic E-state index is 12.3. The molecule has 1 aliphatic rings. The first kappa shape index (κ1) is 20.5. The van der Waals surface area contributed by atoms with Crippen LogP contribution in [-0.4, -0.2) is 49.6 Å². The molecule has 2 amide bonds. The van der Waals surface area contributed by atoms with Crippen LogP contribution in [0.15, 0.2) is 18.2 Å². The summed E-state index contributed by atoms with van der Waals surface area (Å²) in [6.45, 7) is -0.806. The number of nitrogens with zero attached hydrogens (tertiary/aromatic N) is 2. The molecule has 1 unspecified atom stereocenters. The molecule has 0 saturated carbocycles. The first-order chi connectivity index (χ1) is 12.6. The molecule has 1 fully saturated rings. The fourth-order valence-electron chi connectivity index (χ4n) is 2.97. The van der Waals surface area contributed by atoms with Gasteiger partial charge in [-0.05, 0) is 18.9 Å². The van der Waals surface area contributed by atoms with Gasteiger partial charge in [0.15, 0.2) is 0 Å². The van der Waals surface area contributed by atoms with Crippen molar-refractivity contribution in [3.8, 4) is 0 Å². The number of nitro benzene ring substituents is 1. The predicted octanol–water partition coefficient (Wildman–Crippen LogP) is 1.85. The van der Waals surface area contributed by atoms with Crippen molar-refractivity contribution in [2.24, 2.45) is 5.92 Å². The Morgan fingerprint density at radius 1 is 1.37 bits per heavy atom. The van der Waals surface area contributed by atoms with Crippen LogP contribution in [-0.2, 0) is 4.79 Å². The largest absolute Gasteiger partial charge is 0.405 e. The van der Waals surface area contributed by atoms with Gasteiger partial charge < -0.3 is 15.5 Å². The summed E-state index contributed by atoms with van der Waals surface area (Å²) in [5, 5.41) is 15.2. The predicted molar refractivity (Wildman–Crippen MR) is 90.5 cm³/mol. The Kier molecular flexibility index (Phi) is 6.24. The number of benzene rings is 1. The fraction of sp³-hybridized carbons (Fsp3) is 0.500. The van der Waals surface area contributed by atoms with Crippen molar-refractivity contribution in [2.75, 3.05) is 31.6 Å². The van der Waals surface area contributed by atoms with Gasteiger partial charge in [-0.1, -0.05) is 0 Å². The molecule has 1 heterocycles. The van der Waals surface area contributed by atoms with Crippen LogP contribution >= 0.6 is 0 Å². The van der Waals surface area contributed by atoms with Crippen molar-refractivity contribution in [3.05, 3.63) is 33.9 Å². The van der Waals surface area contributed by atoms with E-state index in [9.17, 15) is 32.9 Å². The third-order valence-corrected chi connectivity index (χ3v) is 4.26. The summed E-state index contributed by atoms with van der Waals surface area (Å²) >= 11 is 0. The monoisotopic (exact) mass is 388 g/mol. The first-order valence-corrected chi connectivity index (χ1v) is 8.22. The van der Waals surface area contributed by atoms with Crippen LogP contribution in [0.2, 0.25) is 0 Å². The third-order valence-electron chi connectivity index (χ3n) is 4.26. The molecule has 2 rings (SSSR count). The van der Waals surface area contributed by atoms with Gasteiger partial charge in [0.25, 0.3) is 11.6 Å². The van der Waals surface area contributed by atoms with Crippen LogP contribution in [0.25, 0.3) is 0 Å². The number of non-ortho nitro benzene ring substituents is 1. The fourth-order valence-corrected chi connectivity index (χ4v) is 2.97. The van der Waals surface area contributed by atoms with Crippen LogP contribution in [0.3, 0.4) is 0 Å². The Hall–Kier alpha value is -2.85. The number of carbonyl (C=O) groups excluding carboxylic acids is 2. The summed E-state index contributed by atoms with van der Waals surface area (Å²) in [7, 11) is 1.38. The lowest BCUT2D eigenvalue weighted by Crippen LogP contribution is -2.45. The zero-order chi connectivity index (χ0) is 20.2. The van der Waals surface area contributed by atoms with Crippen LogP contribution in [0.4, 0.5) is 24.5 Å². The number of hydrogen-bond acceptors (Lipinski definition) is 5. The van der Waals surface area contributed by atoms with E-state index in [1.807, 2.05) is 5.32 Å². The van der Waals surface area contributed by atoms with E-state index in [0.29, 0.717) is 25.1 Å². The van der Waals surface area contributed by atoms with Crippen LogP contribution < -0.4 is 15.5 Å². The maximum atomic E-state index is 12.3. The summed E-state index contributed by atoms with van der Waals surface area (Å²) < 4.78 is 36.9. The molecule has 2 N–H and O–H groups in total. The van der Waals surface area contributed by atoms with Gasteiger partial charge in [0.05, 0.1) is 22.1 Å². The molecule has 1 aromatic carbocycles. The molecule has 8 nitrogen and oxygen atoms in total. The Morgan fingerprint density at radius 3 is 2.67 bits per heavy atom. The molecule has 1 atom stereocenters. The van der Waals surface area contributed by atoms with E-state index in [1.54, 1.807) is 4.90 Å². The van der Waals surface area contributed by atoms with Crippen LogP contribution in [0.1, 0.15) is 23.2 Å². The molecule has 1 saturated heterocycles. The van der Waals surface area contributed by atoms with Crippen LogP contribution in [0.5, 0.6) is 0 Å². The van der Waals surface area contributed by atoms with Gasteiger partial charge in [0, 0.05) is 32.3 Å². The van der Waals surface area contributed by atoms with Crippen LogP contribution in [0, 0.1) is 16.0 Å². The molecule has 0 aromatic heterocycles. The Labute approximate surface area is 152 Å². The topological polar surface area (TPSA) is 105 Å². The quantitative estimate of drug-likeness (QED) is 0.592. The Morgan fingerprint density at radius 2 is 2.07 bits per heavy atom. The maximum Gasteiger partial charge on any atom is 0.405 e. The van der Waals surface area contributed by atoms with Crippen molar-refractivity contribution >= 4 is 23.2 Å². The number of piperidine rings is 1. The average Bonchev–Trinajstić information content (AvgIpc) is 2.64. The molecular formula is C16H19F3N4O4. The third kappa shape index (κ3) is 5.31. The summed E-state index contributed by atoms with van der Waals surface area (Å²) in [4.78, 5) is 36.2. The van der Waals surface area contributed by atoms with E-state index in [-0.39, 0.29) is 17.8 Å². The number of halogens is 3.